The second-order valence-electron chi connectivity index (χ2n) is 3.07. The number of halogens is 6. The fourth-order valence-electron chi connectivity index (χ4n) is 1.06. The Bertz CT molecular complexity index is 455. The normalized spacial score (nSPS) is 12.6. The van der Waals surface area contributed by atoms with Gasteiger partial charge in [0, 0.05) is 5.56 Å². The lowest BCUT2D eigenvalue weighted by atomic mass is 10.1. The number of rotatable bonds is 2. The predicted octanol–water partition coefficient (Wildman–Crippen LogP) is 3.54. The first-order valence-electron chi connectivity index (χ1n) is 4.05. The van der Waals surface area contributed by atoms with Crippen molar-refractivity contribution < 1.29 is 31.9 Å². The number of carbonyl (C=O) groups is 1. The molecule has 0 aromatic heterocycles. The van der Waals surface area contributed by atoms with Crippen LogP contribution in [0, 0.1) is 0 Å². The fraction of sp³-hybridized carbons (Fsp3) is 0.222. The molecule has 0 aliphatic heterocycles. The van der Waals surface area contributed by atoms with E-state index >= 15 is 0 Å². The molecule has 0 heterocycles. The average molecular weight is 275 g/mol. The van der Waals surface area contributed by atoms with Gasteiger partial charge in [0.2, 0.25) is 0 Å². The Labute approximate surface area is 96.6 Å². The zero-order valence-corrected chi connectivity index (χ0v) is 8.61. The zero-order chi connectivity index (χ0) is 13.4. The monoisotopic (exact) mass is 274 g/mol. The van der Waals surface area contributed by atoms with E-state index in [2.05, 4.69) is 0 Å². The van der Waals surface area contributed by atoms with E-state index in [9.17, 15) is 26.7 Å². The minimum absolute atomic E-state index is 0.290. The molecule has 1 rings (SSSR count). The highest BCUT2D eigenvalue weighted by molar-refractivity contribution is 6.31. The van der Waals surface area contributed by atoms with Crippen molar-refractivity contribution in [2.75, 3.05) is 0 Å². The molecule has 2 nitrogen and oxygen atoms in total. The Hall–Kier alpha value is -1.37. The maximum Gasteiger partial charge on any atom is 0.417 e. The fourth-order valence-corrected chi connectivity index (χ4v) is 1.35. The van der Waals surface area contributed by atoms with Gasteiger partial charge >= 0.3 is 18.1 Å². The number of benzene rings is 1. The Morgan fingerprint density at radius 2 is 1.71 bits per heavy atom. The number of hydrogen-bond donors (Lipinski definition) is 1. The van der Waals surface area contributed by atoms with Crippen LogP contribution in [-0.4, -0.2) is 11.1 Å². The lowest BCUT2D eigenvalue weighted by Crippen LogP contribution is -2.25. The number of carboxylic acid groups (broad SMARTS) is 1. The molecule has 0 radical (unpaired) electrons. The first-order valence-corrected chi connectivity index (χ1v) is 4.43. The standard InChI is InChI=1S/C9H4ClF5O2/c10-6-3-4(8(11,12)7(16)17)1-2-5(6)9(13,14)15/h1-3H,(H,16,17). The van der Waals surface area contributed by atoms with Gasteiger partial charge in [-0.2, -0.15) is 22.0 Å². The molecule has 0 bridgehead atoms. The van der Waals surface area contributed by atoms with Gasteiger partial charge in [-0.1, -0.05) is 17.7 Å². The summed E-state index contributed by atoms with van der Waals surface area (Å²) in [6.45, 7) is 0. The summed E-state index contributed by atoms with van der Waals surface area (Å²) in [5.74, 6) is -6.75. The minimum atomic E-state index is -4.78. The third kappa shape index (κ3) is 2.66. The molecule has 94 valence electrons. The van der Waals surface area contributed by atoms with Crippen molar-refractivity contribution in [3.63, 3.8) is 0 Å². The molecule has 0 saturated heterocycles. The molecular formula is C9H4ClF5O2. The Balaban J connectivity index is 3.27. The molecule has 0 saturated carbocycles. The zero-order valence-electron chi connectivity index (χ0n) is 7.86. The summed E-state index contributed by atoms with van der Waals surface area (Å²) in [7, 11) is 0. The number of aliphatic carboxylic acids is 1. The highest BCUT2D eigenvalue weighted by atomic mass is 35.5. The molecule has 0 spiro atoms. The first kappa shape index (κ1) is 13.7. The molecule has 0 aliphatic carbocycles. The van der Waals surface area contributed by atoms with Crippen molar-refractivity contribution in [1.82, 2.24) is 0 Å². The van der Waals surface area contributed by atoms with Crippen molar-refractivity contribution in [3.05, 3.63) is 34.3 Å². The maximum atomic E-state index is 12.9. The van der Waals surface area contributed by atoms with E-state index in [4.69, 9.17) is 16.7 Å². The molecule has 1 aromatic rings. The summed E-state index contributed by atoms with van der Waals surface area (Å²) >= 11 is 5.18. The van der Waals surface area contributed by atoms with Gasteiger partial charge in [-0.05, 0) is 12.1 Å². The van der Waals surface area contributed by atoms with Gasteiger partial charge in [-0.25, -0.2) is 4.79 Å². The van der Waals surface area contributed by atoms with E-state index in [0.29, 0.717) is 18.2 Å². The molecule has 17 heavy (non-hydrogen) atoms. The van der Waals surface area contributed by atoms with Gasteiger partial charge in [0.05, 0.1) is 10.6 Å². The molecule has 0 unspecified atom stereocenters. The van der Waals surface area contributed by atoms with Gasteiger partial charge in [0.15, 0.2) is 0 Å². The first-order chi connectivity index (χ1) is 7.56. The van der Waals surface area contributed by atoms with E-state index in [1.54, 1.807) is 0 Å². The SMILES string of the molecule is O=C(O)C(F)(F)c1ccc(C(F)(F)F)c(Cl)c1. The van der Waals surface area contributed by atoms with Gasteiger partial charge in [-0.3, -0.25) is 0 Å². The van der Waals surface area contributed by atoms with E-state index in [1.807, 2.05) is 0 Å². The van der Waals surface area contributed by atoms with Crippen LogP contribution in [0.2, 0.25) is 5.02 Å². The Morgan fingerprint density at radius 1 is 1.18 bits per heavy atom. The van der Waals surface area contributed by atoms with E-state index in [0.717, 1.165) is 0 Å². The van der Waals surface area contributed by atoms with Crippen LogP contribution in [0.25, 0.3) is 0 Å². The third-order valence-electron chi connectivity index (χ3n) is 1.91. The number of alkyl halides is 5. The minimum Gasteiger partial charge on any atom is -0.477 e. The van der Waals surface area contributed by atoms with Crippen LogP contribution in [0.1, 0.15) is 11.1 Å². The lowest BCUT2D eigenvalue weighted by molar-refractivity contribution is -0.166. The van der Waals surface area contributed by atoms with Gasteiger partial charge in [0.25, 0.3) is 0 Å². The van der Waals surface area contributed by atoms with E-state index in [1.165, 1.54) is 0 Å². The second kappa shape index (κ2) is 4.14. The van der Waals surface area contributed by atoms with Gasteiger partial charge < -0.3 is 5.11 Å². The Morgan fingerprint density at radius 3 is 2.06 bits per heavy atom. The molecular weight excluding hydrogens is 271 g/mol. The molecule has 0 aliphatic rings. The lowest BCUT2D eigenvalue weighted by Gasteiger charge is -2.14. The molecule has 1 N–H and O–H groups in total. The number of hydrogen-bond acceptors (Lipinski definition) is 1. The summed E-state index contributed by atoms with van der Waals surface area (Å²) in [6, 6.07) is 0.982. The van der Waals surface area contributed by atoms with E-state index < -0.39 is 34.2 Å². The van der Waals surface area contributed by atoms with Crippen molar-refractivity contribution in [2.45, 2.75) is 12.1 Å². The summed E-state index contributed by atoms with van der Waals surface area (Å²) in [5.41, 5.74) is -2.41. The van der Waals surface area contributed by atoms with Crippen LogP contribution in [0.5, 0.6) is 0 Å². The van der Waals surface area contributed by atoms with Crippen LogP contribution in [-0.2, 0) is 16.9 Å². The summed E-state index contributed by atoms with van der Waals surface area (Å²) in [4.78, 5) is 10.2. The van der Waals surface area contributed by atoms with Crippen LogP contribution in [0.3, 0.4) is 0 Å². The van der Waals surface area contributed by atoms with Crippen LogP contribution in [0.15, 0.2) is 18.2 Å². The highest BCUT2D eigenvalue weighted by Gasteiger charge is 2.42. The molecule has 0 amide bonds. The van der Waals surface area contributed by atoms with Gasteiger partial charge in [-0.15, -0.1) is 0 Å². The predicted molar refractivity (Wildman–Crippen MR) is 48.0 cm³/mol. The Kier molecular flexibility index (Phi) is 3.33. The molecule has 0 atom stereocenters. The second-order valence-corrected chi connectivity index (χ2v) is 3.48. The summed E-state index contributed by atoms with van der Waals surface area (Å²) in [6.07, 6.45) is -4.78. The smallest absolute Gasteiger partial charge is 0.417 e. The van der Waals surface area contributed by atoms with Crippen molar-refractivity contribution >= 4 is 17.6 Å². The van der Waals surface area contributed by atoms with Crippen LogP contribution >= 0.6 is 11.6 Å². The van der Waals surface area contributed by atoms with Crippen LogP contribution in [0.4, 0.5) is 22.0 Å². The molecule has 0 fully saturated rings. The van der Waals surface area contributed by atoms with Crippen molar-refractivity contribution in [2.24, 2.45) is 0 Å². The average Bonchev–Trinajstić information content (AvgIpc) is 2.15. The number of carboxylic acids is 1. The van der Waals surface area contributed by atoms with Crippen molar-refractivity contribution in [3.8, 4) is 0 Å². The van der Waals surface area contributed by atoms with Crippen molar-refractivity contribution in [1.29, 1.82) is 0 Å². The largest absolute Gasteiger partial charge is 0.477 e. The van der Waals surface area contributed by atoms with Gasteiger partial charge in [0.1, 0.15) is 0 Å². The highest BCUT2D eigenvalue weighted by Crippen LogP contribution is 2.38. The maximum absolute atomic E-state index is 12.9. The topological polar surface area (TPSA) is 37.3 Å². The molecule has 8 heteroatoms. The van der Waals surface area contributed by atoms with Crippen LogP contribution < -0.4 is 0 Å². The summed E-state index contributed by atoms with van der Waals surface area (Å²) in [5, 5.41) is 7.22. The molecule has 1 aromatic carbocycles. The quantitative estimate of drug-likeness (QED) is 0.838. The third-order valence-corrected chi connectivity index (χ3v) is 2.22. The summed E-state index contributed by atoms with van der Waals surface area (Å²) < 4.78 is 62.6. The van der Waals surface area contributed by atoms with E-state index in [-0.39, 0.29) is 0 Å².